The van der Waals surface area contributed by atoms with Crippen molar-refractivity contribution in [1.29, 1.82) is 0 Å². The molecule has 0 bridgehead atoms. The fourth-order valence-electron chi connectivity index (χ4n) is 1.47. The molecule has 2 atom stereocenters. The second-order valence-corrected chi connectivity index (χ2v) is 4.71. The summed E-state index contributed by atoms with van der Waals surface area (Å²) < 4.78 is 0. The highest BCUT2D eigenvalue weighted by Crippen LogP contribution is 2.28. The van der Waals surface area contributed by atoms with Crippen molar-refractivity contribution in [3.05, 3.63) is 34.9 Å². The number of benzene rings is 1. The van der Waals surface area contributed by atoms with Crippen LogP contribution in [0.4, 0.5) is 0 Å². The van der Waals surface area contributed by atoms with Crippen LogP contribution in [0, 0.1) is 5.41 Å². The molecule has 0 aliphatic heterocycles. The molecule has 2 unspecified atom stereocenters. The van der Waals surface area contributed by atoms with Gasteiger partial charge in [0.2, 0.25) is 0 Å². The molecule has 0 saturated carbocycles. The summed E-state index contributed by atoms with van der Waals surface area (Å²) in [6, 6.07) is 7.67. The van der Waals surface area contributed by atoms with E-state index in [1.165, 1.54) is 0 Å². The molecule has 0 aliphatic carbocycles. The van der Waals surface area contributed by atoms with Gasteiger partial charge in [-0.1, -0.05) is 36.7 Å². The zero-order valence-electron chi connectivity index (χ0n) is 9.20. The van der Waals surface area contributed by atoms with Crippen LogP contribution in [0.5, 0.6) is 0 Å². The minimum Gasteiger partial charge on any atom is -0.393 e. The summed E-state index contributed by atoms with van der Waals surface area (Å²) in [6.45, 7) is 4.18. The minimum absolute atomic E-state index is 0.314. The molecule has 1 rings (SSSR count). The number of hydrogen-bond acceptors (Lipinski definition) is 2. The van der Waals surface area contributed by atoms with E-state index in [0.29, 0.717) is 13.0 Å². The van der Waals surface area contributed by atoms with Gasteiger partial charge in [-0.05, 0) is 25.0 Å². The van der Waals surface area contributed by atoms with Gasteiger partial charge in [-0.15, -0.1) is 0 Å². The standard InChI is InChI=1S/C12H18ClNO/c1-9(15)12(2,8-14)7-10-5-3-4-6-11(10)13/h3-6,9,15H,7-8,14H2,1-2H3. The molecule has 0 fully saturated rings. The van der Waals surface area contributed by atoms with Gasteiger partial charge in [-0.2, -0.15) is 0 Å². The number of halogens is 1. The Kier molecular flexibility index (Phi) is 4.14. The van der Waals surface area contributed by atoms with Gasteiger partial charge < -0.3 is 10.8 Å². The van der Waals surface area contributed by atoms with Gasteiger partial charge in [0, 0.05) is 17.0 Å². The van der Waals surface area contributed by atoms with Crippen molar-refractivity contribution in [3.63, 3.8) is 0 Å². The van der Waals surface area contributed by atoms with Crippen molar-refractivity contribution < 1.29 is 5.11 Å². The smallest absolute Gasteiger partial charge is 0.0580 e. The molecule has 0 amide bonds. The maximum Gasteiger partial charge on any atom is 0.0580 e. The summed E-state index contributed by atoms with van der Waals surface area (Å²) >= 11 is 6.07. The van der Waals surface area contributed by atoms with E-state index in [-0.39, 0.29) is 5.41 Å². The summed E-state index contributed by atoms with van der Waals surface area (Å²) in [4.78, 5) is 0. The van der Waals surface area contributed by atoms with Crippen LogP contribution in [0.2, 0.25) is 5.02 Å². The number of hydrogen-bond donors (Lipinski definition) is 2. The zero-order chi connectivity index (χ0) is 11.5. The predicted molar refractivity (Wildman–Crippen MR) is 64.0 cm³/mol. The topological polar surface area (TPSA) is 46.2 Å². The molecule has 0 aliphatic rings. The average Bonchev–Trinajstić information content (AvgIpc) is 2.21. The molecule has 1 aromatic carbocycles. The number of rotatable bonds is 4. The molecular weight excluding hydrogens is 210 g/mol. The van der Waals surface area contributed by atoms with Gasteiger partial charge in [-0.25, -0.2) is 0 Å². The summed E-state index contributed by atoms with van der Waals surface area (Å²) in [5, 5.41) is 10.4. The van der Waals surface area contributed by atoms with Crippen LogP contribution in [0.1, 0.15) is 19.4 Å². The van der Waals surface area contributed by atoms with Crippen LogP contribution < -0.4 is 5.73 Å². The third-order valence-corrected chi connectivity index (χ3v) is 3.40. The highest BCUT2D eigenvalue weighted by molar-refractivity contribution is 6.31. The third kappa shape index (κ3) is 2.94. The van der Waals surface area contributed by atoms with Gasteiger partial charge in [-0.3, -0.25) is 0 Å². The fraction of sp³-hybridized carbons (Fsp3) is 0.500. The minimum atomic E-state index is -0.446. The number of nitrogens with two attached hydrogens (primary N) is 1. The van der Waals surface area contributed by atoms with Crippen LogP contribution >= 0.6 is 11.6 Å². The zero-order valence-corrected chi connectivity index (χ0v) is 9.96. The van der Waals surface area contributed by atoms with Crippen LogP contribution in [-0.4, -0.2) is 17.8 Å². The normalized spacial score (nSPS) is 17.1. The molecule has 3 heteroatoms. The van der Waals surface area contributed by atoms with Crippen molar-refractivity contribution >= 4 is 11.6 Å². The van der Waals surface area contributed by atoms with Crippen molar-refractivity contribution in [2.45, 2.75) is 26.4 Å². The molecule has 15 heavy (non-hydrogen) atoms. The lowest BCUT2D eigenvalue weighted by Gasteiger charge is -2.31. The van der Waals surface area contributed by atoms with Crippen LogP contribution in [0.25, 0.3) is 0 Å². The Hall–Kier alpha value is -0.570. The first-order valence-corrected chi connectivity index (χ1v) is 5.49. The summed E-state index contributed by atoms with van der Waals surface area (Å²) in [7, 11) is 0. The predicted octanol–water partition coefficient (Wildman–Crippen LogP) is 2.23. The van der Waals surface area contributed by atoms with E-state index in [2.05, 4.69) is 0 Å². The monoisotopic (exact) mass is 227 g/mol. The van der Waals surface area contributed by atoms with Crippen molar-refractivity contribution in [3.8, 4) is 0 Å². The molecule has 0 spiro atoms. The molecule has 2 nitrogen and oxygen atoms in total. The lowest BCUT2D eigenvalue weighted by molar-refractivity contribution is 0.0589. The van der Waals surface area contributed by atoms with Gasteiger partial charge in [0.25, 0.3) is 0 Å². The second kappa shape index (κ2) is 4.97. The van der Waals surface area contributed by atoms with Gasteiger partial charge in [0.05, 0.1) is 6.10 Å². The highest BCUT2D eigenvalue weighted by atomic mass is 35.5. The molecule has 0 heterocycles. The highest BCUT2D eigenvalue weighted by Gasteiger charge is 2.29. The van der Waals surface area contributed by atoms with E-state index in [1.54, 1.807) is 6.92 Å². The SMILES string of the molecule is CC(O)C(C)(CN)Cc1ccccc1Cl. The summed E-state index contributed by atoms with van der Waals surface area (Å²) in [6.07, 6.45) is 0.250. The van der Waals surface area contributed by atoms with Gasteiger partial charge >= 0.3 is 0 Å². The Morgan fingerprint density at radius 2 is 2.07 bits per heavy atom. The third-order valence-electron chi connectivity index (χ3n) is 3.03. The first kappa shape index (κ1) is 12.5. The van der Waals surface area contributed by atoms with E-state index < -0.39 is 6.10 Å². The maximum absolute atomic E-state index is 9.70. The molecule has 0 radical (unpaired) electrons. The molecule has 1 aromatic rings. The Labute approximate surface area is 96.1 Å². The van der Waals surface area contributed by atoms with E-state index in [9.17, 15) is 5.11 Å². The lowest BCUT2D eigenvalue weighted by Crippen LogP contribution is -2.39. The maximum atomic E-state index is 9.70. The summed E-state index contributed by atoms with van der Waals surface area (Å²) in [5.41, 5.74) is 6.42. The van der Waals surface area contributed by atoms with E-state index in [1.807, 2.05) is 31.2 Å². The van der Waals surface area contributed by atoms with E-state index >= 15 is 0 Å². The lowest BCUT2D eigenvalue weighted by atomic mass is 9.79. The van der Waals surface area contributed by atoms with Crippen molar-refractivity contribution in [2.75, 3.05) is 6.54 Å². The summed E-state index contributed by atoms with van der Waals surface area (Å²) in [5.74, 6) is 0. The van der Waals surface area contributed by atoms with Crippen molar-refractivity contribution in [1.82, 2.24) is 0 Å². The number of aliphatic hydroxyl groups excluding tert-OH is 1. The molecule has 84 valence electrons. The van der Waals surface area contributed by atoms with Crippen LogP contribution in [0.3, 0.4) is 0 Å². The first-order valence-electron chi connectivity index (χ1n) is 5.11. The van der Waals surface area contributed by atoms with Crippen LogP contribution in [-0.2, 0) is 6.42 Å². The van der Waals surface area contributed by atoms with Gasteiger partial charge in [0.15, 0.2) is 0 Å². The first-order chi connectivity index (χ1) is 6.99. The average molecular weight is 228 g/mol. The number of aliphatic hydroxyl groups is 1. The Morgan fingerprint density at radius 3 is 2.53 bits per heavy atom. The molecule has 0 saturated heterocycles. The fourth-order valence-corrected chi connectivity index (χ4v) is 1.67. The molecule has 0 aromatic heterocycles. The molecular formula is C12H18ClNO. The van der Waals surface area contributed by atoms with Crippen LogP contribution in [0.15, 0.2) is 24.3 Å². The quantitative estimate of drug-likeness (QED) is 0.829. The Morgan fingerprint density at radius 1 is 1.47 bits per heavy atom. The van der Waals surface area contributed by atoms with Gasteiger partial charge in [0.1, 0.15) is 0 Å². The molecule has 3 N–H and O–H groups in total. The largest absolute Gasteiger partial charge is 0.393 e. The Balaban J connectivity index is 2.89. The van der Waals surface area contributed by atoms with E-state index in [0.717, 1.165) is 10.6 Å². The van der Waals surface area contributed by atoms with Crippen molar-refractivity contribution in [2.24, 2.45) is 11.1 Å². The second-order valence-electron chi connectivity index (χ2n) is 4.30. The van der Waals surface area contributed by atoms with E-state index in [4.69, 9.17) is 17.3 Å². The Bertz CT molecular complexity index is 327.